The van der Waals surface area contributed by atoms with Crippen LogP contribution >= 0.6 is 0 Å². The summed E-state index contributed by atoms with van der Waals surface area (Å²) < 4.78 is 10.8. The molecule has 0 aliphatic carbocycles. The Morgan fingerprint density at radius 2 is 1.80 bits per heavy atom. The lowest BCUT2D eigenvalue weighted by molar-refractivity contribution is -0.153. The molecule has 2 atom stereocenters. The lowest BCUT2D eigenvalue weighted by atomic mass is 9.79. The lowest BCUT2D eigenvalue weighted by Crippen LogP contribution is -2.68. The summed E-state index contributed by atoms with van der Waals surface area (Å²) in [5.74, 6) is -1.03. The molecule has 20 heavy (non-hydrogen) atoms. The van der Waals surface area contributed by atoms with Gasteiger partial charge in [-0.3, -0.25) is 9.69 Å². The van der Waals surface area contributed by atoms with Crippen molar-refractivity contribution in [3.63, 3.8) is 0 Å². The molecule has 7 nitrogen and oxygen atoms in total. The number of aliphatic carboxylic acids is 1. The van der Waals surface area contributed by atoms with Crippen LogP contribution in [0.5, 0.6) is 0 Å². The number of fused-ring (bicyclic) bond motifs is 2. The van der Waals surface area contributed by atoms with E-state index in [0.717, 1.165) is 0 Å². The molecule has 2 rings (SSSR count). The molecule has 2 unspecified atom stereocenters. The number of ether oxygens (including phenoxy) is 2. The largest absolute Gasteiger partial charge is 0.480 e. The first-order valence-corrected chi connectivity index (χ1v) is 6.74. The van der Waals surface area contributed by atoms with Gasteiger partial charge < -0.3 is 20.3 Å². The zero-order valence-corrected chi connectivity index (χ0v) is 12.1. The second kappa shape index (κ2) is 4.89. The van der Waals surface area contributed by atoms with E-state index in [4.69, 9.17) is 15.2 Å². The Bertz CT molecular complexity index is 403. The first-order valence-electron chi connectivity index (χ1n) is 6.74. The second-order valence-electron chi connectivity index (χ2n) is 6.60. The maximum atomic E-state index is 12.3. The molecule has 0 spiro atoms. The fraction of sp³-hybridized carbons (Fsp3) is 0.846. The molecule has 0 saturated carbocycles. The van der Waals surface area contributed by atoms with E-state index in [9.17, 15) is 14.7 Å². The van der Waals surface area contributed by atoms with Crippen molar-refractivity contribution in [1.82, 2.24) is 4.90 Å². The van der Waals surface area contributed by atoms with Gasteiger partial charge in [0.2, 0.25) is 0 Å². The van der Waals surface area contributed by atoms with Gasteiger partial charge in [0, 0.05) is 0 Å². The summed E-state index contributed by atoms with van der Waals surface area (Å²) in [6.07, 6.45) is -0.0703. The van der Waals surface area contributed by atoms with E-state index in [0.29, 0.717) is 13.2 Å². The summed E-state index contributed by atoms with van der Waals surface area (Å²) in [7, 11) is 0. The Kier molecular flexibility index (Phi) is 3.68. The van der Waals surface area contributed by atoms with Gasteiger partial charge in [0.1, 0.15) is 11.1 Å². The van der Waals surface area contributed by atoms with E-state index in [1.807, 2.05) is 0 Å². The fourth-order valence-electron chi connectivity index (χ4n) is 2.83. The van der Waals surface area contributed by atoms with Gasteiger partial charge in [-0.1, -0.05) is 0 Å². The summed E-state index contributed by atoms with van der Waals surface area (Å²) in [5, 5.41) is 9.26. The topological polar surface area (TPSA) is 102 Å². The molecule has 2 fully saturated rings. The number of hydrogen-bond acceptors (Lipinski definition) is 5. The first kappa shape index (κ1) is 15.1. The number of carboxylic acid groups (broad SMARTS) is 1. The Morgan fingerprint density at radius 3 is 2.20 bits per heavy atom. The third-order valence-corrected chi connectivity index (χ3v) is 3.64. The molecule has 1 amide bonds. The Balaban J connectivity index is 2.17. The SMILES string of the molecule is CC(C)(C)OC(=O)N1C2COCC1CC(N)(C(=O)O)C2. The minimum atomic E-state index is -1.29. The quantitative estimate of drug-likeness (QED) is 0.730. The van der Waals surface area contributed by atoms with Crippen molar-refractivity contribution in [2.24, 2.45) is 5.73 Å². The van der Waals surface area contributed by atoms with Gasteiger partial charge in [0.25, 0.3) is 0 Å². The van der Waals surface area contributed by atoms with E-state index >= 15 is 0 Å². The zero-order valence-electron chi connectivity index (χ0n) is 12.1. The van der Waals surface area contributed by atoms with Gasteiger partial charge >= 0.3 is 12.1 Å². The molecular formula is C13H22N2O5. The third-order valence-electron chi connectivity index (χ3n) is 3.64. The molecule has 2 bridgehead atoms. The van der Waals surface area contributed by atoms with Gasteiger partial charge in [-0.05, 0) is 33.6 Å². The van der Waals surface area contributed by atoms with Crippen LogP contribution in [-0.4, -0.2) is 58.5 Å². The Hall–Kier alpha value is -1.34. The molecule has 2 aliphatic rings. The van der Waals surface area contributed by atoms with E-state index in [-0.39, 0.29) is 24.9 Å². The van der Waals surface area contributed by atoms with Crippen molar-refractivity contribution in [3.8, 4) is 0 Å². The van der Waals surface area contributed by atoms with Crippen LogP contribution in [0.4, 0.5) is 4.79 Å². The Morgan fingerprint density at radius 1 is 1.30 bits per heavy atom. The highest BCUT2D eigenvalue weighted by molar-refractivity contribution is 5.80. The molecule has 2 heterocycles. The predicted molar refractivity (Wildman–Crippen MR) is 70.3 cm³/mol. The second-order valence-corrected chi connectivity index (χ2v) is 6.60. The van der Waals surface area contributed by atoms with Crippen molar-refractivity contribution in [1.29, 1.82) is 0 Å². The maximum Gasteiger partial charge on any atom is 0.410 e. The lowest BCUT2D eigenvalue weighted by Gasteiger charge is -2.50. The van der Waals surface area contributed by atoms with Crippen molar-refractivity contribution < 1.29 is 24.2 Å². The molecule has 3 N–H and O–H groups in total. The molecule has 2 saturated heterocycles. The highest BCUT2D eigenvalue weighted by Crippen LogP contribution is 2.34. The van der Waals surface area contributed by atoms with Crippen molar-refractivity contribution >= 4 is 12.1 Å². The zero-order chi connectivity index (χ0) is 15.1. The van der Waals surface area contributed by atoms with Crippen LogP contribution in [0.2, 0.25) is 0 Å². The number of piperidine rings is 1. The summed E-state index contributed by atoms with van der Waals surface area (Å²) in [6.45, 7) is 5.98. The van der Waals surface area contributed by atoms with Gasteiger partial charge in [-0.25, -0.2) is 4.79 Å². The molecule has 2 aliphatic heterocycles. The number of amides is 1. The molecule has 0 radical (unpaired) electrons. The van der Waals surface area contributed by atoms with Crippen LogP contribution in [0.1, 0.15) is 33.6 Å². The summed E-state index contributed by atoms with van der Waals surface area (Å²) in [5.41, 5.74) is 4.07. The molecular weight excluding hydrogens is 264 g/mol. The summed E-state index contributed by atoms with van der Waals surface area (Å²) >= 11 is 0. The van der Waals surface area contributed by atoms with Crippen LogP contribution in [0, 0.1) is 0 Å². The first-order chi connectivity index (χ1) is 9.12. The molecule has 114 valence electrons. The van der Waals surface area contributed by atoms with E-state index in [1.165, 1.54) is 0 Å². The fourth-order valence-corrected chi connectivity index (χ4v) is 2.83. The normalized spacial score (nSPS) is 33.7. The standard InChI is InChI=1S/C13H22N2O5/c1-12(2,3)20-11(18)15-8-4-13(14,10(16)17)5-9(15)7-19-6-8/h8-9H,4-7,14H2,1-3H3,(H,16,17). The number of hydrogen-bond donors (Lipinski definition) is 2. The van der Waals surface area contributed by atoms with E-state index in [2.05, 4.69) is 0 Å². The molecule has 0 aromatic carbocycles. The number of nitrogens with two attached hydrogens (primary N) is 1. The van der Waals surface area contributed by atoms with Crippen LogP contribution in [-0.2, 0) is 14.3 Å². The van der Waals surface area contributed by atoms with Crippen molar-refractivity contribution in [3.05, 3.63) is 0 Å². The molecule has 0 aromatic heterocycles. The monoisotopic (exact) mass is 286 g/mol. The smallest absolute Gasteiger partial charge is 0.410 e. The maximum absolute atomic E-state index is 12.3. The summed E-state index contributed by atoms with van der Waals surface area (Å²) in [4.78, 5) is 25.2. The number of carboxylic acids is 1. The average Bonchev–Trinajstić information content (AvgIpc) is 2.24. The number of rotatable bonds is 1. The Labute approximate surface area is 118 Å². The van der Waals surface area contributed by atoms with Crippen LogP contribution in [0.25, 0.3) is 0 Å². The predicted octanol–water partition coefficient (Wildman–Crippen LogP) is 0.567. The number of carbonyl (C=O) groups is 2. The highest BCUT2D eigenvalue weighted by atomic mass is 16.6. The minimum absolute atomic E-state index is 0.179. The van der Waals surface area contributed by atoms with Crippen molar-refractivity contribution in [2.45, 2.75) is 56.8 Å². The number of nitrogens with zero attached hydrogens (tertiary/aromatic N) is 1. The molecule has 7 heteroatoms. The van der Waals surface area contributed by atoms with E-state index < -0.39 is 23.2 Å². The minimum Gasteiger partial charge on any atom is -0.480 e. The van der Waals surface area contributed by atoms with Gasteiger partial charge in [0.05, 0.1) is 25.3 Å². The highest BCUT2D eigenvalue weighted by Gasteiger charge is 2.51. The molecule has 0 aromatic rings. The van der Waals surface area contributed by atoms with Crippen LogP contribution in [0.3, 0.4) is 0 Å². The van der Waals surface area contributed by atoms with Gasteiger partial charge in [-0.2, -0.15) is 0 Å². The van der Waals surface area contributed by atoms with Crippen LogP contribution in [0.15, 0.2) is 0 Å². The van der Waals surface area contributed by atoms with E-state index in [1.54, 1.807) is 25.7 Å². The van der Waals surface area contributed by atoms with Crippen molar-refractivity contribution in [2.75, 3.05) is 13.2 Å². The van der Waals surface area contributed by atoms with Gasteiger partial charge in [-0.15, -0.1) is 0 Å². The summed E-state index contributed by atoms with van der Waals surface area (Å²) in [6, 6.07) is -0.697. The van der Waals surface area contributed by atoms with Crippen LogP contribution < -0.4 is 5.73 Å². The number of morpholine rings is 1. The average molecular weight is 286 g/mol. The third kappa shape index (κ3) is 2.88. The van der Waals surface area contributed by atoms with Gasteiger partial charge in [0.15, 0.2) is 0 Å². The number of carbonyl (C=O) groups excluding carboxylic acids is 1.